The molecule has 5 nitrogen and oxygen atoms in total. The highest BCUT2D eigenvalue weighted by molar-refractivity contribution is 5.92. The van der Waals surface area contributed by atoms with E-state index in [9.17, 15) is 13.6 Å². The van der Waals surface area contributed by atoms with E-state index in [2.05, 4.69) is 15.5 Å². The van der Waals surface area contributed by atoms with Crippen LogP contribution in [0.5, 0.6) is 0 Å². The highest BCUT2D eigenvalue weighted by Crippen LogP contribution is 2.24. The van der Waals surface area contributed by atoms with Gasteiger partial charge in [-0.15, -0.1) is 0 Å². The molecule has 144 valence electrons. The van der Waals surface area contributed by atoms with Crippen LogP contribution in [0.2, 0.25) is 0 Å². The highest BCUT2D eigenvalue weighted by Gasteiger charge is 2.12. The molecule has 0 aliphatic carbocycles. The van der Waals surface area contributed by atoms with E-state index in [-0.39, 0.29) is 29.9 Å². The molecule has 0 atom stereocenters. The average molecular weight is 391 g/mol. The zero-order valence-electron chi connectivity index (χ0n) is 15.1. The number of aromatic nitrogens is 2. The molecule has 0 aliphatic heterocycles. The Morgan fingerprint density at radius 1 is 0.897 bits per heavy atom. The topological polar surface area (TPSA) is 68.0 Å². The number of nitrogens with one attached hydrogen (secondary N) is 1. The first-order valence-corrected chi connectivity index (χ1v) is 8.81. The molecule has 0 aliphatic rings. The zero-order chi connectivity index (χ0) is 20.2. The van der Waals surface area contributed by atoms with Crippen LogP contribution in [0, 0.1) is 11.6 Å². The standard InChI is InChI=1S/C22H15F2N3O2/c23-17-8-4-14(5-9-17)12-20(28)25-19-3-1-2-16(13-19)21-26-22(29-27-21)15-6-10-18(24)11-7-15/h1-11,13H,12H2,(H,25,28). The molecule has 0 radical (unpaired) electrons. The number of anilines is 1. The van der Waals surface area contributed by atoms with Gasteiger partial charge >= 0.3 is 0 Å². The van der Waals surface area contributed by atoms with Crippen LogP contribution in [0.3, 0.4) is 0 Å². The van der Waals surface area contributed by atoms with Gasteiger partial charge in [0.2, 0.25) is 11.7 Å². The summed E-state index contributed by atoms with van der Waals surface area (Å²) >= 11 is 0. The smallest absolute Gasteiger partial charge is 0.258 e. The second kappa shape index (κ2) is 8.02. The summed E-state index contributed by atoms with van der Waals surface area (Å²) in [7, 11) is 0. The van der Waals surface area contributed by atoms with Gasteiger partial charge in [-0.3, -0.25) is 4.79 Å². The maximum Gasteiger partial charge on any atom is 0.258 e. The van der Waals surface area contributed by atoms with Crippen molar-refractivity contribution in [1.29, 1.82) is 0 Å². The predicted octanol–water partition coefficient (Wildman–Crippen LogP) is 4.86. The molecule has 0 bridgehead atoms. The minimum absolute atomic E-state index is 0.126. The summed E-state index contributed by atoms with van der Waals surface area (Å²) in [6.07, 6.45) is 0.126. The van der Waals surface area contributed by atoms with Crippen molar-refractivity contribution in [2.75, 3.05) is 5.32 Å². The molecule has 0 unspecified atom stereocenters. The van der Waals surface area contributed by atoms with E-state index in [0.717, 1.165) is 0 Å². The molecular weight excluding hydrogens is 376 g/mol. The molecule has 7 heteroatoms. The van der Waals surface area contributed by atoms with Crippen molar-refractivity contribution >= 4 is 11.6 Å². The maximum absolute atomic E-state index is 13.1. The van der Waals surface area contributed by atoms with Crippen molar-refractivity contribution in [3.05, 3.63) is 90.0 Å². The van der Waals surface area contributed by atoms with Gasteiger partial charge in [-0.1, -0.05) is 29.4 Å². The molecule has 0 fully saturated rings. The van der Waals surface area contributed by atoms with Gasteiger partial charge in [-0.2, -0.15) is 4.98 Å². The Hall–Kier alpha value is -3.87. The van der Waals surface area contributed by atoms with Crippen LogP contribution >= 0.6 is 0 Å². The summed E-state index contributed by atoms with van der Waals surface area (Å²) in [5.41, 5.74) is 2.54. The second-order valence-electron chi connectivity index (χ2n) is 6.36. The largest absolute Gasteiger partial charge is 0.334 e. The van der Waals surface area contributed by atoms with Crippen molar-refractivity contribution in [3.8, 4) is 22.8 Å². The molecule has 4 aromatic rings. The fourth-order valence-electron chi connectivity index (χ4n) is 2.78. The van der Waals surface area contributed by atoms with E-state index >= 15 is 0 Å². The Morgan fingerprint density at radius 3 is 2.31 bits per heavy atom. The third-order valence-electron chi connectivity index (χ3n) is 4.20. The first-order valence-electron chi connectivity index (χ1n) is 8.81. The predicted molar refractivity (Wildman–Crippen MR) is 104 cm³/mol. The van der Waals surface area contributed by atoms with E-state index < -0.39 is 0 Å². The van der Waals surface area contributed by atoms with Crippen molar-refractivity contribution in [3.63, 3.8) is 0 Å². The Labute approximate surface area is 165 Å². The summed E-state index contributed by atoms with van der Waals surface area (Å²) in [4.78, 5) is 16.6. The lowest BCUT2D eigenvalue weighted by molar-refractivity contribution is -0.115. The van der Waals surface area contributed by atoms with Gasteiger partial charge < -0.3 is 9.84 Å². The number of hydrogen-bond donors (Lipinski definition) is 1. The van der Waals surface area contributed by atoms with Gasteiger partial charge in [0.05, 0.1) is 6.42 Å². The number of halogens is 2. The van der Waals surface area contributed by atoms with Gasteiger partial charge in [0.15, 0.2) is 0 Å². The molecule has 3 aromatic carbocycles. The number of nitrogens with zero attached hydrogens (tertiary/aromatic N) is 2. The van der Waals surface area contributed by atoms with Crippen LogP contribution in [0.15, 0.2) is 77.3 Å². The van der Waals surface area contributed by atoms with Gasteiger partial charge in [0.25, 0.3) is 5.89 Å². The quantitative estimate of drug-likeness (QED) is 0.527. The third-order valence-corrected chi connectivity index (χ3v) is 4.20. The molecule has 0 spiro atoms. The SMILES string of the molecule is O=C(Cc1ccc(F)cc1)Nc1cccc(-c2noc(-c3ccc(F)cc3)n2)c1. The van der Waals surface area contributed by atoms with E-state index in [0.29, 0.717) is 28.2 Å². The molecule has 0 saturated heterocycles. The first-order chi connectivity index (χ1) is 14.1. The summed E-state index contributed by atoms with van der Waals surface area (Å²) in [5.74, 6) is -0.307. The molecule has 0 saturated carbocycles. The van der Waals surface area contributed by atoms with Crippen molar-refractivity contribution < 1.29 is 18.1 Å². The Balaban J connectivity index is 1.48. The summed E-state index contributed by atoms with van der Waals surface area (Å²) in [5, 5.41) is 6.75. The number of carbonyl (C=O) groups is 1. The van der Waals surface area contributed by atoms with E-state index in [1.807, 2.05) is 0 Å². The van der Waals surface area contributed by atoms with E-state index in [1.54, 1.807) is 48.5 Å². The van der Waals surface area contributed by atoms with Gasteiger partial charge in [-0.05, 0) is 54.1 Å². The van der Waals surface area contributed by atoms with Crippen LogP contribution in [0.25, 0.3) is 22.8 Å². The van der Waals surface area contributed by atoms with Gasteiger partial charge in [0, 0.05) is 16.8 Å². The zero-order valence-corrected chi connectivity index (χ0v) is 15.1. The molecule has 1 amide bonds. The van der Waals surface area contributed by atoms with Crippen molar-refractivity contribution in [2.24, 2.45) is 0 Å². The lowest BCUT2D eigenvalue weighted by atomic mass is 10.1. The minimum Gasteiger partial charge on any atom is -0.334 e. The Bertz CT molecular complexity index is 1140. The lowest BCUT2D eigenvalue weighted by Crippen LogP contribution is -2.14. The van der Waals surface area contributed by atoms with Crippen LogP contribution < -0.4 is 5.32 Å². The molecular formula is C22H15F2N3O2. The van der Waals surface area contributed by atoms with Crippen molar-refractivity contribution in [2.45, 2.75) is 6.42 Å². The first kappa shape index (κ1) is 18.5. The minimum atomic E-state index is -0.349. The molecule has 1 N–H and O–H groups in total. The molecule has 29 heavy (non-hydrogen) atoms. The number of benzene rings is 3. The normalized spacial score (nSPS) is 10.7. The Kier molecular flexibility index (Phi) is 5.11. The second-order valence-corrected chi connectivity index (χ2v) is 6.36. The van der Waals surface area contributed by atoms with Crippen LogP contribution in [0.4, 0.5) is 14.5 Å². The molecule has 1 heterocycles. The van der Waals surface area contributed by atoms with Crippen LogP contribution in [0.1, 0.15) is 5.56 Å². The molecule has 4 rings (SSSR count). The fraction of sp³-hybridized carbons (Fsp3) is 0.0455. The summed E-state index contributed by atoms with van der Waals surface area (Å²) in [6.45, 7) is 0. The summed E-state index contributed by atoms with van der Waals surface area (Å²) in [6, 6.07) is 18.5. The van der Waals surface area contributed by atoms with Crippen LogP contribution in [-0.4, -0.2) is 16.0 Å². The number of hydrogen-bond acceptors (Lipinski definition) is 4. The van der Waals surface area contributed by atoms with E-state index in [1.165, 1.54) is 24.3 Å². The third kappa shape index (κ3) is 4.52. The lowest BCUT2D eigenvalue weighted by Gasteiger charge is -2.06. The van der Waals surface area contributed by atoms with Gasteiger partial charge in [0.1, 0.15) is 11.6 Å². The monoisotopic (exact) mass is 391 g/mol. The number of amides is 1. The van der Waals surface area contributed by atoms with Gasteiger partial charge in [-0.25, -0.2) is 8.78 Å². The Morgan fingerprint density at radius 2 is 1.59 bits per heavy atom. The van der Waals surface area contributed by atoms with E-state index in [4.69, 9.17) is 4.52 Å². The van der Waals surface area contributed by atoms with Crippen LogP contribution in [-0.2, 0) is 11.2 Å². The number of rotatable bonds is 5. The molecule has 1 aromatic heterocycles. The van der Waals surface area contributed by atoms with Crippen molar-refractivity contribution in [1.82, 2.24) is 10.1 Å². The maximum atomic E-state index is 13.1. The average Bonchev–Trinajstić information content (AvgIpc) is 3.21. The highest BCUT2D eigenvalue weighted by atomic mass is 19.1. The summed E-state index contributed by atoms with van der Waals surface area (Å²) < 4.78 is 31.3. The number of carbonyl (C=O) groups excluding carboxylic acids is 1. The fourth-order valence-corrected chi connectivity index (χ4v) is 2.78.